The molecule has 1 nitrogen and oxygen atoms in total. The molecule has 0 unspecified atom stereocenters. The van der Waals surface area contributed by atoms with E-state index in [4.69, 9.17) is 0 Å². The highest BCUT2D eigenvalue weighted by atomic mass is 35.5. The van der Waals surface area contributed by atoms with Crippen molar-refractivity contribution in [2.75, 3.05) is 0 Å². The maximum absolute atomic E-state index is 13.1. The molecule has 1 rings (SSSR count). The lowest BCUT2D eigenvalue weighted by molar-refractivity contribution is -0.291. The molecule has 0 saturated carbocycles. The van der Waals surface area contributed by atoms with Gasteiger partial charge < -0.3 is 5.73 Å². The number of hydrogen-bond donors (Lipinski definition) is 1. The van der Waals surface area contributed by atoms with Crippen molar-refractivity contribution < 1.29 is 39.5 Å². The summed E-state index contributed by atoms with van der Waals surface area (Å²) in [6.07, 6.45) is -11.1. The minimum atomic E-state index is -6.01. The number of rotatable bonds is 2. The molecule has 0 aliphatic rings. The normalized spacial score (nSPS) is 14.6. The zero-order valence-corrected chi connectivity index (χ0v) is 10.5. The van der Waals surface area contributed by atoms with Crippen molar-refractivity contribution in [3.8, 4) is 0 Å². The van der Waals surface area contributed by atoms with Gasteiger partial charge in [-0.15, -0.1) is 12.4 Å². The van der Waals surface area contributed by atoms with E-state index in [1.54, 1.807) is 0 Å². The fourth-order valence-corrected chi connectivity index (χ4v) is 1.34. The molecule has 0 heterocycles. The summed E-state index contributed by atoms with van der Waals surface area (Å²) in [7, 11) is 0. The van der Waals surface area contributed by atoms with E-state index in [1.165, 1.54) is 0 Å². The fraction of sp³-hybridized carbons (Fsp3) is 0.400. The number of alkyl halides is 8. The Morgan fingerprint density at radius 3 is 1.71 bits per heavy atom. The second kappa shape index (κ2) is 5.91. The summed E-state index contributed by atoms with van der Waals surface area (Å²) in [5.74, 6) is -7.39. The molecule has 0 spiro atoms. The van der Waals surface area contributed by atoms with Crippen LogP contribution in [0.1, 0.15) is 17.2 Å². The van der Waals surface area contributed by atoms with Crippen LogP contribution in [-0.2, 0) is 6.18 Å². The molecule has 0 saturated heterocycles. The van der Waals surface area contributed by atoms with E-state index < -0.39 is 41.3 Å². The van der Waals surface area contributed by atoms with Crippen LogP contribution in [0.2, 0.25) is 0 Å². The summed E-state index contributed by atoms with van der Waals surface area (Å²) >= 11 is 0. The SMILES string of the molecule is Cl.N[C@H](c1ccc(C(F)(F)F)c(F)c1)C(F)(F)C(F)(F)F. The molecule has 0 bridgehead atoms. The Morgan fingerprint density at radius 2 is 1.38 bits per heavy atom. The summed E-state index contributed by atoms with van der Waals surface area (Å²) in [5, 5.41) is 0. The van der Waals surface area contributed by atoms with Crippen LogP contribution in [-0.4, -0.2) is 12.1 Å². The highest BCUT2D eigenvalue weighted by Gasteiger charge is 2.61. The molecule has 0 fully saturated rings. The van der Waals surface area contributed by atoms with Gasteiger partial charge in [0.15, 0.2) is 0 Å². The monoisotopic (exact) mass is 347 g/mol. The Bertz CT molecular complexity index is 494. The van der Waals surface area contributed by atoms with Crippen LogP contribution in [0, 0.1) is 5.82 Å². The van der Waals surface area contributed by atoms with E-state index in [0.29, 0.717) is 0 Å². The van der Waals surface area contributed by atoms with Gasteiger partial charge in [0, 0.05) is 0 Å². The first-order valence-electron chi connectivity index (χ1n) is 4.85. The average molecular weight is 348 g/mol. The van der Waals surface area contributed by atoms with Crippen molar-refractivity contribution in [1.82, 2.24) is 0 Å². The van der Waals surface area contributed by atoms with Gasteiger partial charge in [-0.2, -0.15) is 35.1 Å². The van der Waals surface area contributed by atoms with Crippen LogP contribution >= 0.6 is 12.4 Å². The zero-order chi connectivity index (χ0) is 15.9. The van der Waals surface area contributed by atoms with E-state index in [9.17, 15) is 39.5 Å². The Hall–Kier alpha value is -1.16. The minimum Gasteiger partial charge on any atom is -0.319 e. The van der Waals surface area contributed by atoms with Crippen LogP contribution in [0.5, 0.6) is 0 Å². The first kappa shape index (κ1) is 19.8. The fourth-order valence-electron chi connectivity index (χ4n) is 1.34. The predicted molar refractivity (Wildman–Crippen MR) is 56.6 cm³/mol. The van der Waals surface area contributed by atoms with Crippen LogP contribution in [0.15, 0.2) is 18.2 Å². The molecule has 21 heavy (non-hydrogen) atoms. The van der Waals surface area contributed by atoms with Crippen LogP contribution < -0.4 is 5.73 Å². The van der Waals surface area contributed by atoms with Crippen molar-refractivity contribution in [2.24, 2.45) is 5.73 Å². The maximum Gasteiger partial charge on any atom is 0.455 e. The Balaban J connectivity index is 0.00000400. The van der Waals surface area contributed by atoms with Crippen molar-refractivity contribution in [3.63, 3.8) is 0 Å². The number of benzene rings is 1. The van der Waals surface area contributed by atoms with Gasteiger partial charge in [-0.25, -0.2) is 4.39 Å². The first-order valence-corrected chi connectivity index (χ1v) is 4.85. The molecular formula is C10H7ClF9N. The summed E-state index contributed by atoms with van der Waals surface area (Å²) in [5.41, 5.74) is 1.78. The van der Waals surface area contributed by atoms with E-state index in [0.717, 1.165) is 0 Å². The predicted octanol–water partition coefficient (Wildman–Crippen LogP) is 4.46. The smallest absolute Gasteiger partial charge is 0.319 e. The van der Waals surface area contributed by atoms with Gasteiger partial charge in [-0.05, 0) is 17.7 Å². The lowest BCUT2D eigenvalue weighted by Gasteiger charge is -2.26. The molecule has 0 aromatic heterocycles. The molecule has 0 radical (unpaired) electrons. The molecule has 0 aliphatic heterocycles. The third-order valence-electron chi connectivity index (χ3n) is 2.43. The van der Waals surface area contributed by atoms with Crippen molar-refractivity contribution >= 4 is 12.4 Å². The lowest BCUT2D eigenvalue weighted by Crippen LogP contribution is -2.45. The molecule has 0 amide bonds. The molecule has 1 aromatic carbocycles. The minimum absolute atomic E-state index is 0. The highest BCUT2D eigenvalue weighted by Crippen LogP contribution is 2.43. The van der Waals surface area contributed by atoms with Crippen molar-refractivity contribution in [3.05, 3.63) is 35.1 Å². The quantitative estimate of drug-likeness (QED) is 0.785. The molecule has 2 N–H and O–H groups in total. The van der Waals surface area contributed by atoms with Gasteiger partial charge in [0.05, 0.1) is 5.56 Å². The van der Waals surface area contributed by atoms with Crippen LogP contribution in [0.3, 0.4) is 0 Å². The van der Waals surface area contributed by atoms with Gasteiger partial charge in [0.2, 0.25) is 0 Å². The average Bonchev–Trinajstić information content (AvgIpc) is 2.24. The van der Waals surface area contributed by atoms with E-state index in [1.807, 2.05) is 0 Å². The third kappa shape index (κ3) is 3.94. The number of nitrogens with two attached hydrogens (primary N) is 1. The molecule has 0 aliphatic carbocycles. The topological polar surface area (TPSA) is 26.0 Å². The van der Waals surface area contributed by atoms with E-state index in [2.05, 4.69) is 5.73 Å². The van der Waals surface area contributed by atoms with Gasteiger partial charge in [0.1, 0.15) is 11.9 Å². The molecule has 1 aromatic rings. The zero-order valence-electron chi connectivity index (χ0n) is 9.70. The Labute approximate surface area is 118 Å². The van der Waals surface area contributed by atoms with Gasteiger partial charge in [0.25, 0.3) is 0 Å². The molecule has 11 heteroatoms. The molecule has 122 valence electrons. The molecule has 1 atom stereocenters. The van der Waals surface area contributed by atoms with Gasteiger partial charge in [-0.3, -0.25) is 0 Å². The van der Waals surface area contributed by atoms with E-state index in [-0.39, 0.29) is 30.6 Å². The summed E-state index contributed by atoms with van der Waals surface area (Å²) < 4.78 is 112. The van der Waals surface area contributed by atoms with Gasteiger partial charge >= 0.3 is 18.3 Å². The standard InChI is InChI=1S/C10H6F9N.ClH/c11-6-3-4(1-2-5(6)9(14,15)16)7(20)8(12,13)10(17,18)19;/h1-3,7H,20H2;1H/t7-;/m1./s1. The van der Waals surface area contributed by atoms with E-state index >= 15 is 0 Å². The molecular weight excluding hydrogens is 341 g/mol. The van der Waals surface area contributed by atoms with Crippen molar-refractivity contribution in [2.45, 2.75) is 24.3 Å². The lowest BCUT2D eigenvalue weighted by atomic mass is 9.99. The summed E-state index contributed by atoms with van der Waals surface area (Å²) in [6, 6.07) is -2.78. The number of hydrogen-bond acceptors (Lipinski definition) is 1. The largest absolute Gasteiger partial charge is 0.455 e. The highest BCUT2D eigenvalue weighted by molar-refractivity contribution is 5.85. The van der Waals surface area contributed by atoms with Gasteiger partial charge in [-0.1, -0.05) is 6.07 Å². The Kier molecular flexibility index (Phi) is 5.59. The second-order valence-electron chi connectivity index (χ2n) is 3.84. The van der Waals surface area contributed by atoms with Crippen LogP contribution in [0.4, 0.5) is 39.5 Å². The van der Waals surface area contributed by atoms with Crippen molar-refractivity contribution in [1.29, 1.82) is 0 Å². The maximum atomic E-state index is 13.1. The first-order chi connectivity index (χ1) is 8.78. The van der Waals surface area contributed by atoms with Crippen LogP contribution in [0.25, 0.3) is 0 Å². The Morgan fingerprint density at radius 1 is 0.905 bits per heavy atom. The number of halogens is 10. The summed E-state index contributed by atoms with van der Waals surface area (Å²) in [6.45, 7) is 0. The third-order valence-corrected chi connectivity index (χ3v) is 2.43. The summed E-state index contributed by atoms with van der Waals surface area (Å²) in [4.78, 5) is 0. The second-order valence-corrected chi connectivity index (χ2v) is 3.84.